The minimum Gasteiger partial charge on any atom is -0.493 e. The summed E-state index contributed by atoms with van der Waals surface area (Å²) in [7, 11) is 5.55. The maximum absolute atomic E-state index is 13.0. The molecule has 39 heavy (non-hydrogen) atoms. The van der Waals surface area contributed by atoms with Crippen LogP contribution in [0.5, 0.6) is 23.0 Å². The van der Waals surface area contributed by atoms with Crippen molar-refractivity contribution in [1.29, 1.82) is 0 Å². The van der Waals surface area contributed by atoms with Crippen LogP contribution in [-0.2, 0) is 4.74 Å². The van der Waals surface area contributed by atoms with Crippen LogP contribution in [0.1, 0.15) is 41.7 Å². The van der Waals surface area contributed by atoms with Gasteiger partial charge in [-0.3, -0.25) is 0 Å². The van der Waals surface area contributed by atoms with Crippen molar-refractivity contribution in [3.8, 4) is 23.0 Å². The number of aromatic nitrogens is 2. The second-order valence-corrected chi connectivity index (χ2v) is 7.86. The Kier molecular flexibility index (Phi) is 7.16. The van der Waals surface area contributed by atoms with E-state index in [1.165, 1.54) is 52.7 Å². The minimum atomic E-state index is -1.52. The molecule has 0 aliphatic rings. The summed E-state index contributed by atoms with van der Waals surface area (Å²) in [6.07, 6.45) is 0. The highest BCUT2D eigenvalue weighted by atomic mass is 16.6. The summed E-state index contributed by atoms with van der Waals surface area (Å²) in [5.74, 6) is -4.79. The third kappa shape index (κ3) is 4.92. The molecule has 2 aromatic carbocycles. The van der Waals surface area contributed by atoms with Crippen LogP contribution in [0.15, 0.2) is 36.4 Å². The van der Waals surface area contributed by atoms with E-state index in [1.54, 1.807) is 0 Å². The number of esters is 2. The molecule has 2 N–H and O–H groups in total. The third-order valence-electron chi connectivity index (χ3n) is 5.67. The van der Waals surface area contributed by atoms with Crippen molar-refractivity contribution in [2.24, 2.45) is 0 Å². The van der Waals surface area contributed by atoms with Gasteiger partial charge < -0.3 is 33.9 Å². The number of fused-ring (bicyclic) bond motifs is 2. The van der Waals surface area contributed by atoms with E-state index in [4.69, 9.17) is 23.7 Å². The molecule has 0 radical (unpaired) electrons. The monoisotopic (exact) mass is 536 g/mol. The summed E-state index contributed by atoms with van der Waals surface area (Å²) >= 11 is 0. The molecule has 13 heteroatoms. The Labute approximate surface area is 219 Å². The van der Waals surface area contributed by atoms with Crippen molar-refractivity contribution in [3.63, 3.8) is 0 Å². The zero-order valence-corrected chi connectivity index (χ0v) is 20.9. The van der Waals surface area contributed by atoms with Gasteiger partial charge in [0.15, 0.2) is 34.4 Å². The molecule has 0 bridgehead atoms. The van der Waals surface area contributed by atoms with Gasteiger partial charge in [-0.05, 0) is 24.3 Å². The number of aromatic carboxylic acids is 2. The molecular weight excluding hydrogens is 516 g/mol. The van der Waals surface area contributed by atoms with E-state index in [-0.39, 0.29) is 22.5 Å². The number of carbonyl (C=O) groups excluding carboxylic acids is 2. The second kappa shape index (κ2) is 10.5. The maximum Gasteiger partial charge on any atom is 0.365 e. The molecule has 0 unspecified atom stereocenters. The predicted octanol–water partition coefficient (Wildman–Crippen LogP) is 3.21. The lowest BCUT2D eigenvalue weighted by Gasteiger charge is -2.12. The summed E-state index contributed by atoms with van der Waals surface area (Å²) < 4.78 is 25.7. The Morgan fingerprint density at radius 3 is 1.21 bits per heavy atom. The summed E-state index contributed by atoms with van der Waals surface area (Å²) in [5, 5.41) is 20.0. The number of benzene rings is 2. The number of pyridine rings is 2. The summed E-state index contributed by atoms with van der Waals surface area (Å²) in [6.45, 7) is 0. The largest absolute Gasteiger partial charge is 0.493 e. The lowest BCUT2D eigenvalue weighted by atomic mass is 10.1. The van der Waals surface area contributed by atoms with Crippen molar-refractivity contribution in [2.45, 2.75) is 0 Å². The van der Waals surface area contributed by atoms with Crippen LogP contribution < -0.4 is 18.9 Å². The summed E-state index contributed by atoms with van der Waals surface area (Å²) in [6, 6.07) is 8.07. The van der Waals surface area contributed by atoms with Gasteiger partial charge >= 0.3 is 23.9 Å². The quantitative estimate of drug-likeness (QED) is 0.248. The molecule has 0 amide bonds. The number of carbonyl (C=O) groups is 4. The number of ether oxygens (including phenoxy) is 5. The minimum absolute atomic E-state index is 0.146. The summed E-state index contributed by atoms with van der Waals surface area (Å²) in [5.41, 5.74) is -2.22. The topological polar surface area (TPSA) is 181 Å². The fourth-order valence-electron chi connectivity index (χ4n) is 3.82. The molecule has 13 nitrogen and oxygen atoms in total. The van der Waals surface area contributed by atoms with Crippen LogP contribution in [0.3, 0.4) is 0 Å². The zero-order chi connectivity index (χ0) is 28.4. The molecule has 4 aromatic rings. The number of carboxylic acid groups (broad SMARTS) is 2. The van der Waals surface area contributed by atoms with Crippen LogP contribution in [0.25, 0.3) is 21.8 Å². The average Bonchev–Trinajstić information content (AvgIpc) is 2.93. The first-order valence-corrected chi connectivity index (χ1v) is 11.0. The van der Waals surface area contributed by atoms with E-state index in [1.807, 2.05) is 0 Å². The van der Waals surface area contributed by atoms with Gasteiger partial charge in [-0.2, -0.15) is 0 Å². The first kappa shape index (κ1) is 26.6. The molecule has 0 saturated heterocycles. The molecule has 0 fully saturated rings. The first-order chi connectivity index (χ1) is 18.6. The van der Waals surface area contributed by atoms with E-state index in [2.05, 4.69) is 9.97 Å². The number of carboxylic acids is 2. The second-order valence-electron chi connectivity index (χ2n) is 7.86. The molecule has 2 aromatic heterocycles. The maximum atomic E-state index is 13.0. The highest BCUT2D eigenvalue weighted by Gasteiger charge is 2.28. The van der Waals surface area contributed by atoms with Gasteiger partial charge in [-0.15, -0.1) is 0 Å². The summed E-state index contributed by atoms with van der Waals surface area (Å²) in [4.78, 5) is 57.9. The van der Waals surface area contributed by atoms with Crippen LogP contribution in [0.2, 0.25) is 0 Å². The van der Waals surface area contributed by atoms with Gasteiger partial charge in [0.1, 0.15) is 0 Å². The van der Waals surface area contributed by atoms with Crippen LogP contribution in [0.4, 0.5) is 0 Å². The molecule has 0 spiro atoms. The number of hydrogen-bond acceptors (Lipinski definition) is 11. The highest BCUT2D eigenvalue weighted by molar-refractivity contribution is 6.11. The fraction of sp³-hybridized carbons (Fsp3) is 0.154. The average molecular weight is 536 g/mol. The van der Waals surface area contributed by atoms with Gasteiger partial charge in [-0.25, -0.2) is 29.1 Å². The molecule has 4 rings (SSSR count). The predicted molar refractivity (Wildman–Crippen MR) is 133 cm³/mol. The molecule has 0 aliphatic heterocycles. The molecule has 200 valence electrons. The lowest BCUT2D eigenvalue weighted by molar-refractivity contribution is 0.0378. The molecule has 0 aliphatic carbocycles. The van der Waals surface area contributed by atoms with Gasteiger partial charge in [0.05, 0.1) is 50.6 Å². The van der Waals surface area contributed by atoms with E-state index in [9.17, 15) is 29.4 Å². The van der Waals surface area contributed by atoms with Gasteiger partial charge in [0.2, 0.25) is 0 Å². The Bertz CT molecular complexity index is 1560. The molecule has 2 heterocycles. The van der Waals surface area contributed by atoms with E-state index in [0.29, 0.717) is 22.3 Å². The molecule has 0 saturated carbocycles. The van der Waals surface area contributed by atoms with Crippen LogP contribution in [-0.4, -0.2) is 72.5 Å². The SMILES string of the molecule is COc1cc2cc(C(=O)O)c(C(=O)OC(=O)c3nc4cc(OC)c(OC)cc4cc3C(=O)O)nc2cc1OC. The van der Waals surface area contributed by atoms with Crippen molar-refractivity contribution < 1.29 is 53.1 Å². The van der Waals surface area contributed by atoms with Gasteiger partial charge in [0.25, 0.3) is 0 Å². The van der Waals surface area contributed by atoms with Gasteiger partial charge in [-0.1, -0.05) is 0 Å². The number of nitrogens with zero attached hydrogens (tertiary/aromatic N) is 2. The highest BCUT2D eigenvalue weighted by Crippen LogP contribution is 2.34. The van der Waals surface area contributed by atoms with Crippen LogP contribution in [0, 0.1) is 0 Å². The van der Waals surface area contributed by atoms with Crippen molar-refractivity contribution in [3.05, 3.63) is 58.9 Å². The Hall–Kier alpha value is -5.46. The zero-order valence-electron chi connectivity index (χ0n) is 20.9. The standard InChI is InChI=1S/C26H20N2O11/c1-35-17-7-11-5-13(23(29)30)21(27-15(11)9-19(17)37-3)25(33)39-26(34)22-14(24(31)32)6-12-8-18(36-2)20(38-4)10-16(12)28-22/h5-10H,1-4H3,(H,29,30)(H,31,32). The number of methoxy groups -OCH3 is 4. The van der Waals surface area contributed by atoms with Crippen molar-refractivity contribution in [2.75, 3.05) is 28.4 Å². The fourth-order valence-corrected chi connectivity index (χ4v) is 3.82. The van der Waals surface area contributed by atoms with E-state index < -0.39 is 46.4 Å². The Morgan fingerprint density at radius 2 is 0.897 bits per heavy atom. The lowest BCUT2D eigenvalue weighted by Crippen LogP contribution is -2.21. The van der Waals surface area contributed by atoms with E-state index >= 15 is 0 Å². The number of rotatable bonds is 8. The molecule has 0 atom stereocenters. The normalized spacial score (nSPS) is 10.7. The smallest absolute Gasteiger partial charge is 0.365 e. The van der Waals surface area contributed by atoms with Gasteiger partial charge in [0, 0.05) is 22.9 Å². The molecular formula is C26H20N2O11. The van der Waals surface area contributed by atoms with Crippen molar-refractivity contribution >= 4 is 45.7 Å². The third-order valence-corrected chi connectivity index (χ3v) is 5.67. The Balaban J connectivity index is 1.78. The first-order valence-electron chi connectivity index (χ1n) is 11.0. The number of hydrogen-bond donors (Lipinski definition) is 2. The van der Waals surface area contributed by atoms with Crippen molar-refractivity contribution in [1.82, 2.24) is 9.97 Å². The van der Waals surface area contributed by atoms with E-state index in [0.717, 1.165) is 12.1 Å². The Morgan fingerprint density at radius 1 is 0.564 bits per heavy atom. The van der Waals surface area contributed by atoms with Crippen LogP contribution >= 0.6 is 0 Å².